The van der Waals surface area contributed by atoms with Crippen LogP contribution in [0, 0.1) is 0 Å². The number of sulfonamides is 1. The Balaban J connectivity index is 1.50. The third-order valence-electron chi connectivity index (χ3n) is 4.94. The van der Waals surface area contributed by atoms with E-state index in [9.17, 15) is 27.6 Å². The monoisotopic (exact) mass is 422 g/mol. The van der Waals surface area contributed by atoms with Gasteiger partial charge in [-0.05, 0) is 37.1 Å². The Kier molecular flexibility index (Phi) is 6.43. The smallest absolute Gasteiger partial charge is 0.308 e. The van der Waals surface area contributed by atoms with Crippen LogP contribution in [0.15, 0.2) is 29.2 Å². The van der Waals surface area contributed by atoms with Crippen molar-refractivity contribution in [2.24, 2.45) is 0 Å². The molecule has 0 bridgehead atoms. The van der Waals surface area contributed by atoms with Crippen LogP contribution in [-0.2, 0) is 29.1 Å². The molecule has 9 nitrogen and oxygen atoms in total. The lowest BCUT2D eigenvalue weighted by Crippen LogP contribution is -2.31. The van der Waals surface area contributed by atoms with Gasteiger partial charge in [0.2, 0.25) is 21.8 Å². The maximum Gasteiger partial charge on any atom is 0.308 e. The fourth-order valence-corrected chi connectivity index (χ4v) is 4.78. The van der Waals surface area contributed by atoms with Crippen molar-refractivity contribution < 1.29 is 32.3 Å². The van der Waals surface area contributed by atoms with Crippen LogP contribution in [0.4, 0.5) is 0 Å². The van der Waals surface area contributed by atoms with Crippen LogP contribution in [0.1, 0.15) is 42.5 Å². The van der Waals surface area contributed by atoms with Gasteiger partial charge in [-0.2, -0.15) is 4.31 Å². The van der Waals surface area contributed by atoms with Gasteiger partial charge in [0.15, 0.2) is 12.4 Å². The van der Waals surface area contributed by atoms with E-state index in [2.05, 4.69) is 0 Å². The molecule has 2 fully saturated rings. The van der Waals surface area contributed by atoms with E-state index >= 15 is 0 Å². The zero-order chi connectivity index (χ0) is 21.0. The molecule has 2 aliphatic heterocycles. The van der Waals surface area contributed by atoms with Gasteiger partial charge in [-0.15, -0.1) is 0 Å². The molecule has 1 aromatic rings. The van der Waals surface area contributed by atoms with Gasteiger partial charge in [-0.25, -0.2) is 8.42 Å². The molecule has 10 heteroatoms. The van der Waals surface area contributed by atoms with Crippen molar-refractivity contribution in [3.05, 3.63) is 29.8 Å². The summed E-state index contributed by atoms with van der Waals surface area (Å²) in [6.45, 7) is 0.424. The maximum atomic E-state index is 12.5. The molecule has 0 atom stereocenters. The average Bonchev–Trinajstić information content (AvgIpc) is 3.36. The summed E-state index contributed by atoms with van der Waals surface area (Å²) in [5.41, 5.74) is 0.225. The summed E-state index contributed by atoms with van der Waals surface area (Å²) in [5, 5.41) is 0. The molecule has 0 aliphatic carbocycles. The molecule has 1 aromatic carbocycles. The van der Waals surface area contributed by atoms with E-state index in [0.29, 0.717) is 13.1 Å². The molecule has 2 heterocycles. The summed E-state index contributed by atoms with van der Waals surface area (Å²) in [6.07, 6.45) is 1.78. The number of imide groups is 1. The second kappa shape index (κ2) is 8.83. The molecule has 29 heavy (non-hydrogen) atoms. The van der Waals surface area contributed by atoms with Gasteiger partial charge in [-0.1, -0.05) is 0 Å². The highest BCUT2D eigenvalue weighted by molar-refractivity contribution is 7.89. The Morgan fingerprint density at radius 2 is 1.55 bits per heavy atom. The Labute approximate surface area is 168 Å². The van der Waals surface area contributed by atoms with Crippen LogP contribution in [0.3, 0.4) is 0 Å². The second-order valence-corrected chi connectivity index (χ2v) is 8.85. The van der Waals surface area contributed by atoms with Crippen LogP contribution in [0.2, 0.25) is 0 Å². The number of carbonyl (C=O) groups excluding carboxylic acids is 4. The minimum absolute atomic E-state index is 0.0618. The number of ether oxygens (including phenoxy) is 1. The first-order chi connectivity index (χ1) is 13.8. The molecular weight excluding hydrogens is 400 g/mol. The molecular formula is C19H22N2O7S. The first-order valence-electron chi connectivity index (χ1n) is 9.41. The number of rotatable bonds is 8. The van der Waals surface area contributed by atoms with Crippen LogP contribution < -0.4 is 0 Å². The van der Waals surface area contributed by atoms with Crippen molar-refractivity contribution in [3.63, 3.8) is 0 Å². The van der Waals surface area contributed by atoms with Gasteiger partial charge in [0.1, 0.15) is 0 Å². The number of Topliss-reactive ketones (excluding diaryl/α,β-unsaturated/α-hetero) is 1. The van der Waals surface area contributed by atoms with E-state index < -0.39 is 28.4 Å². The van der Waals surface area contributed by atoms with Crippen molar-refractivity contribution in [2.75, 3.05) is 26.2 Å². The van der Waals surface area contributed by atoms with Crippen molar-refractivity contribution in [1.82, 2.24) is 9.21 Å². The van der Waals surface area contributed by atoms with Gasteiger partial charge in [-0.3, -0.25) is 24.1 Å². The minimum atomic E-state index is -3.55. The summed E-state index contributed by atoms with van der Waals surface area (Å²) in [5.74, 6) is -1.80. The zero-order valence-electron chi connectivity index (χ0n) is 15.8. The number of likely N-dealkylation sites (tertiary alicyclic amines) is 1. The normalized spacial score (nSPS) is 17.7. The summed E-state index contributed by atoms with van der Waals surface area (Å²) < 4.78 is 31.3. The highest BCUT2D eigenvalue weighted by Crippen LogP contribution is 2.21. The summed E-state index contributed by atoms with van der Waals surface area (Å²) >= 11 is 0. The highest BCUT2D eigenvalue weighted by Gasteiger charge is 2.29. The molecule has 156 valence electrons. The molecule has 3 rings (SSSR count). The summed E-state index contributed by atoms with van der Waals surface area (Å²) in [4.78, 5) is 48.0. The molecule has 0 radical (unpaired) electrons. The van der Waals surface area contributed by atoms with Gasteiger partial charge >= 0.3 is 5.97 Å². The zero-order valence-corrected chi connectivity index (χ0v) is 16.7. The lowest BCUT2D eigenvalue weighted by atomic mass is 10.1. The number of benzene rings is 1. The standard InChI is InChI=1S/C19H22N2O7S/c22-16(13-28-19(25)9-12-21-17(23)7-8-18(21)24)14-3-5-15(6-4-14)29(26,27)20-10-1-2-11-20/h3-6H,1-2,7-13H2. The first kappa shape index (κ1) is 21.1. The number of amides is 2. The molecule has 2 aliphatic rings. The largest absolute Gasteiger partial charge is 0.457 e. The van der Waals surface area contributed by atoms with E-state index in [1.165, 1.54) is 28.6 Å². The average molecular weight is 422 g/mol. The number of hydrogen-bond donors (Lipinski definition) is 0. The lowest BCUT2D eigenvalue weighted by molar-refractivity contribution is -0.144. The Bertz CT molecular complexity index is 902. The quantitative estimate of drug-likeness (QED) is 0.344. The van der Waals surface area contributed by atoms with E-state index in [4.69, 9.17) is 4.74 Å². The van der Waals surface area contributed by atoms with E-state index in [-0.39, 0.29) is 48.1 Å². The van der Waals surface area contributed by atoms with Gasteiger partial charge in [0.25, 0.3) is 0 Å². The minimum Gasteiger partial charge on any atom is -0.457 e. The van der Waals surface area contributed by atoms with E-state index in [0.717, 1.165) is 17.7 Å². The molecule has 2 amide bonds. The van der Waals surface area contributed by atoms with Crippen LogP contribution in [0.25, 0.3) is 0 Å². The molecule has 0 unspecified atom stereocenters. The second-order valence-electron chi connectivity index (χ2n) is 6.91. The SMILES string of the molecule is O=C(CCN1C(=O)CCC1=O)OCC(=O)c1ccc(S(=O)(=O)N2CCCC2)cc1. The van der Waals surface area contributed by atoms with E-state index in [1.54, 1.807) is 0 Å². The lowest BCUT2D eigenvalue weighted by Gasteiger charge is -2.15. The number of ketones is 1. The van der Waals surface area contributed by atoms with Gasteiger partial charge in [0.05, 0.1) is 11.3 Å². The first-order valence-corrected chi connectivity index (χ1v) is 10.9. The maximum absolute atomic E-state index is 12.5. The molecule has 0 aromatic heterocycles. The Hall–Kier alpha value is -2.59. The number of esters is 1. The predicted molar refractivity (Wildman–Crippen MR) is 100 cm³/mol. The molecule has 0 saturated carbocycles. The number of hydrogen-bond acceptors (Lipinski definition) is 7. The Morgan fingerprint density at radius 3 is 2.14 bits per heavy atom. The topological polar surface area (TPSA) is 118 Å². The molecule has 0 N–H and O–H groups in total. The van der Waals surface area contributed by atoms with Crippen LogP contribution in [-0.4, -0.2) is 67.4 Å². The fourth-order valence-electron chi connectivity index (χ4n) is 3.27. The van der Waals surface area contributed by atoms with Crippen LogP contribution in [0.5, 0.6) is 0 Å². The fraction of sp³-hybridized carbons (Fsp3) is 0.474. The third-order valence-corrected chi connectivity index (χ3v) is 6.85. The van der Waals surface area contributed by atoms with Crippen molar-refractivity contribution in [3.8, 4) is 0 Å². The van der Waals surface area contributed by atoms with Crippen molar-refractivity contribution in [1.29, 1.82) is 0 Å². The molecule has 2 saturated heterocycles. The number of carbonyl (C=O) groups is 4. The van der Waals surface area contributed by atoms with Gasteiger partial charge in [0, 0.05) is 38.0 Å². The Morgan fingerprint density at radius 1 is 0.966 bits per heavy atom. The van der Waals surface area contributed by atoms with Crippen LogP contribution >= 0.6 is 0 Å². The number of nitrogens with zero attached hydrogens (tertiary/aromatic N) is 2. The molecule has 0 spiro atoms. The summed E-state index contributed by atoms with van der Waals surface area (Å²) in [7, 11) is -3.55. The van der Waals surface area contributed by atoms with Crippen molar-refractivity contribution >= 4 is 33.6 Å². The predicted octanol–water partition coefficient (Wildman–Crippen LogP) is 0.736. The third kappa shape index (κ3) is 4.88. The summed E-state index contributed by atoms with van der Waals surface area (Å²) in [6, 6.07) is 5.52. The van der Waals surface area contributed by atoms with E-state index in [1.807, 2.05) is 0 Å². The van der Waals surface area contributed by atoms with Crippen molar-refractivity contribution in [2.45, 2.75) is 37.0 Å². The van der Waals surface area contributed by atoms with Gasteiger partial charge < -0.3 is 4.74 Å². The highest BCUT2D eigenvalue weighted by atomic mass is 32.2.